The molecule has 0 radical (unpaired) electrons. The number of hydrogen-bond acceptors (Lipinski definition) is 3. The fourth-order valence-electron chi connectivity index (χ4n) is 2.00. The molecule has 2 N–H and O–H groups in total. The Kier molecular flexibility index (Phi) is 7.09. The van der Waals surface area contributed by atoms with Gasteiger partial charge in [0.1, 0.15) is 0 Å². The van der Waals surface area contributed by atoms with Crippen molar-refractivity contribution in [3.05, 3.63) is 29.3 Å². The number of rotatable bonds is 8. The molecule has 0 aliphatic rings. The van der Waals surface area contributed by atoms with Crippen molar-refractivity contribution >= 4 is 11.6 Å². The first-order valence-electron chi connectivity index (χ1n) is 7.20. The van der Waals surface area contributed by atoms with E-state index in [1.54, 1.807) is 7.11 Å². The van der Waals surface area contributed by atoms with Crippen LogP contribution in [0, 0.1) is 12.8 Å². The Morgan fingerprint density at radius 1 is 1.40 bits per heavy atom. The summed E-state index contributed by atoms with van der Waals surface area (Å²) in [6, 6.07) is 5.85. The van der Waals surface area contributed by atoms with E-state index in [4.69, 9.17) is 4.74 Å². The third-order valence-electron chi connectivity index (χ3n) is 3.11. The topological polar surface area (TPSA) is 50.4 Å². The lowest BCUT2D eigenvalue weighted by Gasteiger charge is -2.13. The average Bonchev–Trinajstić information content (AvgIpc) is 2.43. The summed E-state index contributed by atoms with van der Waals surface area (Å²) in [6.45, 7) is 8.36. The van der Waals surface area contributed by atoms with Crippen molar-refractivity contribution in [1.82, 2.24) is 5.32 Å². The van der Waals surface area contributed by atoms with Gasteiger partial charge in [0.15, 0.2) is 0 Å². The molecule has 4 nitrogen and oxygen atoms in total. The molecule has 1 unspecified atom stereocenters. The van der Waals surface area contributed by atoms with Crippen molar-refractivity contribution in [1.29, 1.82) is 0 Å². The second kappa shape index (κ2) is 8.59. The molecule has 0 bridgehead atoms. The van der Waals surface area contributed by atoms with E-state index in [2.05, 4.69) is 24.5 Å². The SMILES string of the molecule is CCCNc1ccc(C(=O)NCC(C)COC)c(C)c1. The van der Waals surface area contributed by atoms with Gasteiger partial charge in [0.2, 0.25) is 0 Å². The van der Waals surface area contributed by atoms with E-state index in [0.717, 1.165) is 29.8 Å². The lowest BCUT2D eigenvalue weighted by molar-refractivity contribution is 0.0933. The van der Waals surface area contributed by atoms with Crippen LogP contribution in [0.15, 0.2) is 18.2 Å². The number of carbonyl (C=O) groups excluding carboxylic acids is 1. The Morgan fingerprint density at radius 3 is 2.75 bits per heavy atom. The van der Waals surface area contributed by atoms with Crippen LogP contribution in [0.25, 0.3) is 0 Å². The second-order valence-corrected chi connectivity index (χ2v) is 5.23. The van der Waals surface area contributed by atoms with Gasteiger partial charge in [0.25, 0.3) is 5.91 Å². The summed E-state index contributed by atoms with van der Waals surface area (Å²) in [7, 11) is 1.67. The highest BCUT2D eigenvalue weighted by molar-refractivity contribution is 5.96. The molecule has 1 aromatic rings. The standard InChI is InChI=1S/C16H26N2O2/c1-5-8-17-14-6-7-15(13(3)9-14)16(19)18-10-12(2)11-20-4/h6-7,9,12,17H,5,8,10-11H2,1-4H3,(H,18,19). The van der Waals surface area contributed by atoms with E-state index in [1.807, 2.05) is 25.1 Å². The average molecular weight is 278 g/mol. The Morgan fingerprint density at radius 2 is 2.15 bits per heavy atom. The monoisotopic (exact) mass is 278 g/mol. The van der Waals surface area contributed by atoms with Gasteiger partial charge in [-0.15, -0.1) is 0 Å². The van der Waals surface area contributed by atoms with E-state index < -0.39 is 0 Å². The minimum absolute atomic E-state index is 0.0208. The lowest BCUT2D eigenvalue weighted by Crippen LogP contribution is -2.30. The maximum atomic E-state index is 12.1. The summed E-state index contributed by atoms with van der Waals surface area (Å²) in [5.74, 6) is 0.294. The summed E-state index contributed by atoms with van der Waals surface area (Å²) in [6.07, 6.45) is 1.08. The largest absolute Gasteiger partial charge is 0.385 e. The van der Waals surface area contributed by atoms with Crippen molar-refractivity contribution in [2.75, 3.05) is 32.1 Å². The maximum absolute atomic E-state index is 12.1. The predicted octanol–water partition coefficient (Wildman–Crippen LogP) is 2.83. The third kappa shape index (κ3) is 5.21. The zero-order chi connectivity index (χ0) is 15.0. The number of carbonyl (C=O) groups is 1. The van der Waals surface area contributed by atoms with E-state index in [0.29, 0.717) is 19.1 Å². The van der Waals surface area contributed by atoms with Crippen LogP contribution in [0.3, 0.4) is 0 Å². The second-order valence-electron chi connectivity index (χ2n) is 5.23. The van der Waals surface area contributed by atoms with Crippen molar-refractivity contribution in [2.24, 2.45) is 5.92 Å². The summed E-state index contributed by atoms with van der Waals surface area (Å²) in [5, 5.41) is 6.27. The van der Waals surface area contributed by atoms with Gasteiger partial charge in [0.05, 0.1) is 6.61 Å². The quantitative estimate of drug-likeness (QED) is 0.769. The number of nitrogens with one attached hydrogen (secondary N) is 2. The van der Waals surface area contributed by atoms with Gasteiger partial charge < -0.3 is 15.4 Å². The lowest BCUT2D eigenvalue weighted by atomic mass is 10.1. The number of aryl methyl sites for hydroxylation is 1. The number of amides is 1. The highest BCUT2D eigenvalue weighted by Crippen LogP contribution is 2.15. The van der Waals surface area contributed by atoms with Gasteiger partial charge in [-0.2, -0.15) is 0 Å². The fourth-order valence-corrected chi connectivity index (χ4v) is 2.00. The summed E-state index contributed by atoms with van der Waals surface area (Å²) in [4.78, 5) is 12.1. The first-order chi connectivity index (χ1) is 9.58. The predicted molar refractivity (Wildman–Crippen MR) is 83.3 cm³/mol. The summed E-state index contributed by atoms with van der Waals surface area (Å²) >= 11 is 0. The van der Waals surface area contributed by atoms with Crippen LogP contribution in [0.1, 0.15) is 36.2 Å². The Balaban J connectivity index is 2.59. The number of ether oxygens (including phenoxy) is 1. The zero-order valence-electron chi connectivity index (χ0n) is 13.0. The van der Waals surface area contributed by atoms with E-state index in [1.165, 1.54) is 0 Å². The smallest absolute Gasteiger partial charge is 0.251 e. The van der Waals surface area contributed by atoms with Crippen LogP contribution in [0.4, 0.5) is 5.69 Å². The Bertz CT molecular complexity index is 432. The van der Waals surface area contributed by atoms with Crippen LogP contribution in [0.2, 0.25) is 0 Å². The van der Waals surface area contributed by atoms with Gasteiger partial charge in [-0.3, -0.25) is 4.79 Å². The molecule has 20 heavy (non-hydrogen) atoms. The molecule has 0 fully saturated rings. The van der Waals surface area contributed by atoms with Crippen molar-refractivity contribution in [3.8, 4) is 0 Å². The molecule has 112 valence electrons. The van der Waals surface area contributed by atoms with Gasteiger partial charge in [-0.05, 0) is 43.0 Å². The summed E-state index contributed by atoms with van der Waals surface area (Å²) < 4.78 is 5.06. The van der Waals surface area contributed by atoms with Gasteiger partial charge >= 0.3 is 0 Å². The van der Waals surface area contributed by atoms with Crippen LogP contribution < -0.4 is 10.6 Å². The molecule has 1 amide bonds. The van der Waals surface area contributed by atoms with Crippen LogP contribution in [-0.2, 0) is 4.74 Å². The van der Waals surface area contributed by atoms with E-state index in [-0.39, 0.29) is 5.91 Å². The number of methoxy groups -OCH3 is 1. The molecule has 0 aliphatic heterocycles. The summed E-state index contributed by atoms with van der Waals surface area (Å²) in [5.41, 5.74) is 2.79. The van der Waals surface area contributed by atoms with Crippen LogP contribution >= 0.6 is 0 Å². The van der Waals surface area contributed by atoms with E-state index >= 15 is 0 Å². The van der Waals surface area contributed by atoms with Crippen molar-refractivity contribution in [2.45, 2.75) is 27.2 Å². The molecular formula is C16H26N2O2. The number of anilines is 1. The molecule has 1 atom stereocenters. The van der Waals surface area contributed by atoms with Gasteiger partial charge in [-0.1, -0.05) is 13.8 Å². The number of hydrogen-bond donors (Lipinski definition) is 2. The van der Waals surface area contributed by atoms with Crippen LogP contribution in [0.5, 0.6) is 0 Å². The van der Waals surface area contributed by atoms with E-state index in [9.17, 15) is 4.79 Å². The fraction of sp³-hybridized carbons (Fsp3) is 0.562. The van der Waals surface area contributed by atoms with Crippen molar-refractivity contribution in [3.63, 3.8) is 0 Å². The first kappa shape index (κ1) is 16.5. The number of benzene rings is 1. The third-order valence-corrected chi connectivity index (χ3v) is 3.11. The molecular weight excluding hydrogens is 252 g/mol. The van der Waals surface area contributed by atoms with Crippen LogP contribution in [-0.4, -0.2) is 32.7 Å². The normalized spacial score (nSPS) is 12.0. The minimum Gasteiger partial charge on any atom is -0.385 e. The molecule has 1 aromatic carbocycles. The molecule has 4 heteroatoms. The minimum atomic E-state index is -0.0208. The maximum Gasteiger partial charge on any atom is 0.251 e. The highest BCUT2D eigenvalue weighted by Gasteiger charge is 2.10. The first-order valence-corrected chi connectivity index (χ1v) is 7.20. The van der Waals surface area contributed by atoms with Gasteiger partial charge in [0, 0.05) is 31.5 Å². The molecule has 0 spiro atoms. The molecule has 1 rings (SSSR count). The van der Waals surface area contributed by atoms with Crippen molar-refractivity contribution < 1.29 is 9.53 Å². The Hall–Kier alpha value is -1.55. The molecule has 0 heterocycles. The molecule has 0 aromatic heterocycles. The molecule has 0 aliphatic carbocycles. The highest BCUT2D eigenvalue weighted by atomic mass is 16.5. The molecule has 0 saturated carbocycles. The zero-order valence-corrected chi connectivity index (χ0v) is 13.0. The van der Waals surface area contributed by atoms with Gasteiger partial charge in [-0.25, -0.2) is 0 Å². The molecule has 0 saturated heterocycles. The Labute approximate surface area is 121 Å².